The molecule has 0 bridgehead atoms. The molecule has 1 aliphatic heterocycles. The second-order valence-electron chi connectivity index (χ2n) is 6.09. The van der Waals surface area contributed by atoms with Crippen LogP contribution >= 0.6 is 12.4 Å². The summed E-state index contributed by atoms with van der Waals surface area (Å²) in [6.07, 6.45) is 3.19. The SMILES string of the molecule is Cc1cccc2ncc(CN3CCC(C)(CN)C3)n12.Cl. The third-order valence-electron chi connectivity index (χ3n) is 4.31. The highest BCUT2D eigenvalue weighted by Gasteiger charge is 2.32. The topological polar surface area (TPSA) is 46.6 Å². The van der Waals surface area contributed by atoms with Crippen LogP contribution in [0.4, 0.5) is 0 Å². The van der Waals surface area contributed by atoms with Crippen LogP contribution < -0.4 is 5.73 Å². The molecule has 0 radical (unpaired) electrons. The molecule has 20 heavy (non-hydrogen) atoms. The van der Waals surface area contributed by atoms with Crippen molar-refractivity contribution in [2.75, 3.05) is 19.6 Å². The van der Waals surface area contributed by atoms with Crippen LogP contribution in [-0.4, -0.2) is 33.9 Å². The summed E-state index contributed by atoms with van der Waals surface area (Å²) in [6, 6.07) is 6.25. The summed E-state index contributed by atoms with van der Waals surface area (Å²) in [5, 5.41) is 0. The third kappa shape index (κ3) is 2.68. The van der Waals surface area contributed by atoms with Crippen molar-refractivity contribution < 1.29 is 0 Å². The zero-order valence-corrected chi connectivity index (χ0v) is 13.0. The number of fused-ring (bicyclic) bond motifs is 1. The Labute approximate surface area is 126 Å². The van der Waals surface area contributed by atoms with E-state index in [4.69, 9.17) is 5.73 Å². The predicted molar refractivity (Wildman–Crippen MR) is 84.2 cm³/mol. The van der Waals surface area contributed by atoms with Crippen LogP contribution in [0.15, 0.2) is 24.4 Å². The van der Waals surface area contributed by atoms with Gasteiger partial charge in [-0.1, -0.05) is 13.0 Å². The van der Waals surface area contributed by atoms with E-state index in [1.165, 1.54) is 17.8 Å². The molecule has 0 amide bonds. The molecule has 0 aromatic carbocycles. The fourth-order valence-electron chi connectivity index (χ4n) is 3.04. The van der Waals surface area contributed by atoms with Crippen LogP contribution in [0, 0.1) is 12.3 Å². The van der Waals surface area contributed by atoms with Crippen LogP contribution in [0.1, 0.15) is 24.7 Å². The zero-order chi connectivity index (χ0) is 13.5. The molecule has 1 fully saturated rings. The summed E-state index contributed by atoms with van der Waals surface area (Å²) in [5.41, 5.74) is 9.71. The van der Waals surface area contributed by atoms with Gasteiger partial charge in [0.2, 0.25) is 0 Å². The molecule has 5 heteroatoms. The fraction of sp³-hybridized carbons (Fsp3) is 0.533. The van der Waals surface area contributed by atoms with Crippen LogP contribution in [0.25, 0.3) is 5.65 Å². The van der Waals surface area contributed by atoms with E-state index in [1.807, 2.05) is 6.20 Å². The molecule has 110 valence electrons. The Morgan fingerprint density at radius 3 is 2.90 bits per heavy atom. The van der Waals surface area contributed by atoms with Crippen molar-refractivity contribution in [2.45, 2.75) is 26.8 Å². The van der Waals surface area contributed by atoms with Gasteiger partial charge in [-0.25, -0.2) is 4.98 Å². The summed E-state index contributed by atoms with van der Waals surface area (Å²) in [5.74, 6) is 0. The van der Waals surface area contributed by atoms with Crippen LogP contribution in [0.5, 0.6) is 0 Å². The summed E-state index contributed by atoms with van der Waals surface area (Å²) in [4.78, 5) is 6.98. The van der Waals surface area contributed by atoms with E-state index in [2.05, 4.69) is 46.3 Å². The number of pyridine rings is 1. The van der Waals surface area contributed by atoms with Gasteiger partial charge in [0.1, 0.15) is 5.65 Å². The number of nitrogens with two attached hydrogens (primary N) is 1. The highest BCUT2D eigenvalue weighted by molar-refractivity contribution is 5.85. The van der Waals surface area contributed by atoms with Crippen molar-refractivity contribution in [3.8, 4) is 0 Å². The lowest BCUT2D eigenvalue weighted by Crippen LogP contribution is -2.31. The molecule has 1 atom stereocenters. The second-order valence-corrected chi connectivity index (χ2v) is 6.09. The average Bonchev–Trinajstić information content (AvgIpc) is 2.97. The van der Waals surface area contributed by atoms with E-state index in [9.17, 15) is 0 Å². The van der Waals surface area contributed by atoms with Gasteiger partial charge in [-0.15, -0.1) is 12.4 Å². The summed E-state index contributed by atoms with van der Waals surface area (Å²) >= 11 is 0. The van der Waals surface area contributed by atoms with Gasteiger partial charge < -0.3 is 10.1 Å². The first kappa shape index (κ1) is 15.3. The highest BCUT2D eigenvalue weighted by atomic mass is 35.5. The van der Waals surface area contributed by atoms with Gasteiger partial charge in [0.25, 0.3) is 0 Å². The number of likely N-dealkylation sites (tertiary alicyclic amines) is 1. The largest absolute Gasteiger partial charge is 0.330 e. The summed E-state index contributed by atoms with van der Waals surface area (Å²) in [7, 11) is 0. The summed E-state index contributed by atoms with van der Waals surface area (Å²) in [6.45, 7) is 8.37. The standard InChI is InChI=1S/C15H22N4.ClH/c1-12-4-3-5-14-17-8-13(19(12)14)9-18-7-6-15(2,10-16)11-18;/h3-5,8H,6-7,9-11,16H2,1-2H3;1H. The Morgan fingerprint density at radius 1 is 1.40 bits per heavy atom. The Hall–Kier alpha value is -1.10. The van der Waals surface area contributed by atoms with Crippen molar-refractivity contribution in [1.82, 2.24) is 14.3 Å². The molecule has 4 nitrogen and oxygen atoms in total. The molecule has 3 rings (SSSR count). The molecule has 0 aliphatic carbocycles. The van der Waals surface area contributed by atoms with Crippen molar-refractivity contribution in [3.05, 3.63) is 35.8 Å². The van der Waals surface area contributed by atoms with Gasteiger partial charge in [0, 0.05) is 18.8 Å². The molecule has 0 spiro atoms. The van der Waals surface area contributed by atoms with Crippen LogP contribution in [0.2, 0.25) is 0 Å². The van der Waals surface area contributed by atoms with Crippen molar-refractivity contribution >= 4 is 18.1 Å². The molecule has 2 N–H and O–H groups in total. The van der Waals surface area contributed by atoms with Crippen molar-refractivity contribution in [2.24, 2.45) is 11.1 Å². The average molecular weight is 295 g/mol. The van der Waals surface area contributed by atoms with E-state index in [0.717, 1.165) is 31.8 Å². The lowest BCUT2D eigenvalue weighted by Gasteiger charge is -2.22. The van der Waals surface area contributed by atoms with Crippen LogP contribution in [0.3, 0.4) is 0 Å². The Balaban J connectivity index is 0.00000147. The smallest absolute Gasteiger partial charge is 0.137 e. The summed E-state index contributed by atoms with van der Waals surface area (Å²) < 4.78 is 2.25. The Morgan fingerprint density at radius 2 is 2.20 bits per heavy atom. The minimum Gasteiger partial charge on any atom is -0.330 e. The monoisotopic (exact) mass is 294 g/mol. The van der Waals surface area contributed by atoms with E-state index >= 15 is 0 Å². The van der Waals surface area contributed by atoms with Gasteiger partial charge in [-0.05, 0) is 44.0 Å². The first-order chi connectivity index (χ1) is 9.11. The first-order valence-corrected chi connectivity index (χ1v) is 6.96. The highest BCUT2D eigenvalue weighted by Crippen LogP contribution is 2.29. The molecule has 2 aromatic rings. The van der Waals surface area contributed by atoms with E-state index < -0.39 is 0 Å². The number of halogens is 1. The number of hydrogen-bond donors (Lipinski definition) is 1. The minimum absolute atomic E-state index is 0. The van der Waals surface area contributed by atoms with Gasteiger partial charge >= 0.3 is 0 Å². The molecule has 1 unspecified atom stereocenters. The maximum atomic E-state index is 5.87. The molecule has 2 aromatic heterocycles. The molecule has 1 aliphatic rings. The Kier molecular flexibility index (Phi) is 4.37. The molecule has 1 saturated heterocycles. The molecule has 0 saturated carbocycles. The van der Waals surface area contributed by atoms with Crippen molar-refractivity contribution in [3.63, 3.8) is 0 Å². The van der Waals surface area contributed by atoms with E-state index in [-0.39, 0.29) is 17.8 Å². The lowest BCUT2D eigenvalue weighted by molar-refractivity contribution is 0.271. The maximum absolute atomic E-state index is 5.87. The molecular formula is C15H23ClN4. The molecule has 3 heterocycles. The number of rotatable bonds is 3. The quantitative estimate of drug-likeness (QED) is 0.944. The number of hydrogen-bond acceptors (Lipinski definition) is 3. The third-order valence-corrected chi connectivity index (χ3v) is 4.31. The van der Waals surface area contributed by atoms with Gasteiger partial charge in [-0.2, -0.15) is 0 Å². The van der Waals surface area contributed by atoms with Gasteiger partial charge in [-0.3, -0.25) is 4.90 Å². The maximum Gasteiger partial charge on any atom is 0.137 e. The number of aromatic nitrogens is 2. The molecular weight excluding hydrogens is 272 g/mol. The van der Waals surface area contributed by atoms with Crippen LogP contribution in [-0.2, 0) is 6.54 Å². The van der Waals surface area contributed by atoms with E-state index in [1.54, 1.807) is 0 Å². The Bertz CT molecular complexity index is 595. The predicted octanol–water partition coefficient (Wildman–Crippen LogP) is 2.24. The number of imidazole rings is 1. The van der Waals surface area contributed by atoms with Gasteiger partial charge in [0.05, 0.1) is 11.9 Å². The van der Waals surface area contributed by atoms with Gasteiger partial charge in [0.15, 0.2) is 0 Å². The number of aryl methyl sites for hydroxylation is 1. The number of nitrogens with zero attached hydrogens (tertiary/aromatic N) is 3. The fourth-order valence-corrected chi connectivity index (χ4v) is 3.04. The normalized spacial score (nSPS) is 23.1. The lowest BCUT2D eigenvalue weighted by atomic mass is 9.90. The zero-order valence-electron chi connectivity index (χ0n) is 12.2. The minimum atomic E-state index is 0. The second kappa shape index (κ2) is 5.72. The van der Waals surface area contributed by atoms with E-state index in [0.29, 0.717) is 0 Å². The van der Waals surface area contributed by atoms with Crippen molar-refractivity contribution in [1.29, 1.82) is 0 Å². The first-order valence-electron chi connectivity index (χ1n) is 6.96.